The van der Waals surface area contributed by atoms with E-state index in [1.807, 2.05) is 12.3 Å². The number of hydrogen-bond donors (Lipinski definition) is 2. The standard InChI is InChI=1S/C14H16N2O4S/c1-9-16-10(8-21-9)3-2-4-13(17)15-7-11-5-6-12(20-11)14(18)19/h5-6,8H,2-4,7H2,1H3,(H,15,17)(H,18,19). The number of carbonyl (C=O) groups is 2. The highest BCUT2D eigenvalue weighted by Crippen LogP contribution is 2.11. The van der Waals surface area contributed by atoms with Crippen molar-refractivity contribution in [3.8, 4) is 0 Å². The molecule has 0 saturated carbocycles. The predicted octanol–water partition coefficient (Wildman–Crippen LogP) is 2.38. The third kappa shape index (κ3) is 4.71. The molecule has 0 fully saturated rings. The number of thiazole rings is 1. The quantitative estimate of drug-likeness (QED) is 0.819. The Labute approximate surface area is 125 Å². The molecule has 112 valence electrons. The van der Waals surface area contributed by atoms with Crippen LogP contribution >= 0.6 is 11.3 Å². The third-order valence-corrected chi connectivity index (χ3v) is 3.66. The monoisotopic (exact) mass is 308 g/mol. The van der Waals surface area contributed by atoms with Crippen LogP contribution in [0.25, 0.3) is 0 Å². The summed E-state index contributed by atoms with van der Waals surface area (Å²) >= 11 is 1.60. The summed E-state index contributed by atoms with van der Waals surface area (Å²) < 4.78 is 5.05. The first-order valence-corrected chi connectivity index (χ1v) is 7.42. The van der Waals surface area contributed by atoms with E-state index in [0.29, 0.717) is 12.2 Å². The molecular formula is C14H16N2O4S. The van der Waals surface area contributed by atoms with Gasteiger partial charge in [-0.05, 0) is 31.9 Å². The van der Waals surface area contributed by atoms with Crippen molar-refractivity contribution >= 4 is 23.2 Å². The van der Waals surface area contributed by atoms with Crippen molar-refractivity contribution in [3.63, 3.8) is 0 Å². The molecule has 0 aliphatic rings. The van der Waals surface area contributed by atoms with E-state index >= 15 is 0 Å². The molecule has 2 aromatic rings. The molecule has 2 aromatic heterocycles. The first kappa shape index (κ1) is 15.2. The smallest absolute Gasteiger partial charge is 0.371 e. The summed E-state index contributed by atoms with van der Waals surface area (Å²) in [4.78, 5) is 26.6. The number of aromatic carboxylic acids is 1. The highest BCUT2D eigenvalue weighted by atomic mass is 32.1. The van der Waals surface area contributed by atoms with Gasteiger partial charge in [0.15, 0.2) is 0 Å². The number of aryl methyl sites for hydroxylation is 2. The number of furan rings is 1. The van der Waals surface area contributed by atoms with Gasteiger partial charge in [-0.2, -0.15) is 0 Å². The minimum absolute atomic E-state index is 0.0878. The van der Waals surface area contributed by atoms with Crippen LogP contribution in [0.2, 0.25) is 0 Å². The lowest BCUT2D eigenvalue weighted by atomic mass is 10.2. The maximum absolute atomic E-state index is 11.7. The maximum atomic E-state index is 11.7. The molecule has 0 aromatic carbocycles. The van der Waals surface area contributed by atoms with Gasteiger partial charge in [-0.15, -0.1) is 11.3 Å². The predicted molar refractivity (Wildman–Crippen MR) is 77.3 cm³/mol. The van der Waals surface area contributed by atoms with Gasteiger partial charge in [-0.25, -0.2) is 9.78 Å². The normalized spacial score (nSPS) is 10.5. The first-order valence-electron chi connectivity index (χ1n) is 6.54. The molecule has 2 rings (SSSR count). The summed E-state index contributed by atoms with van der Waals surface area (Å²) in [6.45, 7) is 2.15. The zero-order chi connectivity index (χ0) is 15.2. The minimum Gasteiger partial charge on any atom is -0.475 e. The number of carboxylic acids is 1. The largest absolute Gasteiger partial charge is 0.475 e. The van der Waals surface area contributed by atoms with Crippen LogP contribution in [0.15, 0.2) is 21.9 Å². The van der Waals surface area contributed by atoms with Crippen molar-refractivity contribution < 1.29 is 19.1 Å². The van der Waals surface area contributed by atoms with E-state index in [9.17, 15) is 9.59 Å². The van der Waals surface area contributed by atoms with Crippen LogP contribution in [0.5, 0.6) is 0 Å². The lowest BCUT2D eigenvalue weighted by Gasteiger charge is -2.02. The van der Waals surface area contributed by atoms with Gasteiger partial charge in [-0.3, -0.25) is 4.79 Å². The van der Waals surface area contributed by atoms with Crippen LogP contribution in [0.1, 0.15) is 39.9 Å². The van der Waals surface area contributed by atoms with E-state index < -0.39 is 5.97 Å². The van der Waals surface area contributed by atoms with Crippen LogP contribution in [-0.2, 0) is 17.8 Å². The Bertz CT molecular complexity index is 632. The van der Waals surface area contributed by atoms with Crippen molar-refractivity contribution in [2.24, 2.45) is 0 Å². The van der Waals surface area contributed by atoms with Gasteiger partial charge in [0.25, 0.3) is 0 Å². The second-order valence-corrected chi connectivity index (χ2v) is 5.62. The van der Waals surface area contributed by atoms with E-state index in [1.54, 1.807) is 17.4 Å². The van der Waals surface area contributed by atoms with E-state index in [4.69, 9.17) is 9.52 Å². The van der Waals surface area contributed by atoms with E-state index in [-0.39, 0.29) is 18.2 Å². The molecule has 0 bridgehead atoms. The molecule has 0 atom stereocenters. The molecule has 0 radical (unpaired) electrons. The summed E-state index contributed by atoms with van der Waals surface area (Å²) in [7, 11) is 0. The van der Waals surface area contributed by atoms with Gasteiger partial charge in [0.1, 0.15) is 5.76 Å². The number of carbonyl (C=O) groups excluding carboxylic acids is 1. The fourth-order valence-electron chi connectivity index (χ4n) is 1.82. The van der Waals surface area contributed by atoms with Gasteiger partial charge in [0, 0.05) is 11.8 Å². The number of nitrogens with one attached hydrogen (secondary N) is 1. The van der Waals surface area contributed by atoms with Crippen LogP contribution in [-0.4, -0.2) is 22.0 Å². The van der Waals surface area contributed by atoms with Crippen molar-refractivity contribution in [1.29, 1.82) is 0 Å². The van der Waals surface area contributed by atoms with Gasteiger partial charge in [0.2, 0.25) is 11.7 Å². The summed E-state index contributed by atoms with van der Waals surface area (Å²) in [6.07, 6.45) is 1.91. The van der Waals surface area contributed by atoms with Gasteiger partial charge < -0.3 is 14.8 Å². The molecule has 0 unspecified atom stereocenters. The number of rotatable bonds is 7. The Balaban J connectivity index is 1.68. The Morgan fingerprint density at radius 2 is 2.24 bits per heavy atom. The minimum atomic E-state index is -1.12. The summed E-state index contributed by atoms with van der Waals surface area (Å²) in [5.41, 5.74) is 1.02. The lowest BCUT2D eigenvalue weighted by Crippen LogP contribution is -2.22. The molecule has 1 amide bonds. The molecule has 6 nitrogen and oxygen atoms in total. The van der Waals surface area contributed by atoms with E-state index in [0.717, 1.165) is 23.5 Å². The molecule has 0 aliphatic carbocycles. The molecule has 0 spiro atoms. The van der Waals surface area contributed by atoms with Crippen LogP contribution < -0.4 is 5.32 Å². The lowest BCUT2D eigenvalue weighted by molar-refractivity contribution is -0.121. The Morgan fingerprint density at radius 1 is 1.43 bits per heavy atom. The molecular weight excluding hydrogens is 292 g/mol. The molecule has 0 saturated heterocycles. The number of aromatic nitrogens is 1. The highest BCUT2D eigenvalue weighted by Gasteiger charge is 2.09. The average Bonchev–Trinajstić information content (AvgIpc) is 3.05. The zero-order valence-corrected chi connectivity index (χ0v) is 12.4. The Kier molecular flexibility index (Phi) is 5.10. The molecule has 7 heteroatoms. The summed E-state index contributed by atoms with van der Waals surface area (Å²) in [5, 5.41) is 14.4. The van der Waals surface area contributed by atoms with Crippen LogP contribution in [0, 0.1) is 6.92 Å². The second-order valence-electron chi connectivity index (χ2n) is 4.56. The summed E-state index contributed by atoms with van der Waals surface area (Å²) in [5.74, 6) is -0.907. The number of amides is 1. The molecule has 21 heavy (non-hydrogen) atoms. The van der Waals surface area contributed by atoms with Gasteiger partial charge in [0.05, 0.1) is 17.2 Å². The Hall–Kier alpha value is -2.15. The maximum Gasteiger partial charge on any atom is 0.371 e. The molecule has 2 heterocycles. The number of carboxylic acid groups (broad SMARTS) is 1. The fraction of sp³-hybridized carbons (Fsp3) is 0.357. The first-order chi connectivity index (χ1) is 10.0. The van der Waals surface area contributed by atoms with Crippen molar-refractivity contribution in [1.82, 2.24) is 10.3 Å². The van der Waals surface area contributed by atoms with Crippen molar-refractivity contribution in [2.75, 3.05) is 0 Å². The SMILES string of the molecule is Cc1nc(CCCC(=O)NCc2ccc(C(=O)O)o2)cs1. The van der Waals surface area contributed by atoms with Gasteiger partial charge >= 0.3 is 5.97 Å². The second kappa shape index (κ2) is 7.03. The highest BCUT2D eigenvalue weighted by molar-refractivity contribution is 7.09. The zero-order valence-electron chi connectivity index (χ0n) is 11.6. The van der Waals surface area contributed by atoms with Crippen molar-refractivity contribution in [3.05, 3.63) is 39.7 Å². The van der Waals surface area contributed by atoms with E-state index in [2.05, 4.69) is 10.3 Å². The molecule has 2 N–H and O–H groups in total. The fourth-order valence-corrected chi connectivity index (χ4v) is 2.46. The van der Waals surface area contributed by atoms with Crippen LogP contribution in [0.4, 0.5) is 0 Å². The van der Waals surface area contributed by atoms with Crippen LogP contribution in [0.3, 0.4) is 0 Å². The summed E-state index contributed by atoms with van der Waals surface area (Å²) in [6, 6.07) is 2.91. The topological polar surface area (TPSA) is 92.4 Å². The average molecular weight is 308 g/mol. The third-order valence-electron chi connectivity index (χ3n) is 2.84. The number of hydrogen-bond acceptors (Lipinski definition) is 5. The Morgan fingerprint density at radius 3 is 2.86 bits per heavy atom. The van der Waals surface area contributed by atoms with E-state index in [1.165, 1.54) is 6.07 Å². The molecule has 0 aliphatic heterocycles. The van der Waals surface area contributed by atoms with Crippen molar-refractivity contribution in [2.45, 2.75) is 32.7 Å². The van der Waals surface area contributed by atoms with Gasteiger partial charge in [-0.1, -0.05) is 0 Å². The number of nitrogens with zero attached hydrogens (tertiary/aromatic N) is 1.